The van der Waals surface area contributed by atoms with Crippen LogP contribution in [0.2, 0.25) is 0 Å². The van der Waals surface area contributed by atoms with E-state index in [-0.39, 0.29) is 11.9 Å². The summed E-state index contributed by atoms with van der Waals surface area (Å²) in [5.74, 6) is 0.116. The minimum absolute atomic E-state index is 0.116. The van der Waals surface area contributed by atoms with Crippen molar-refractivity contribution in [1.29, 1.82) is 0 Å². The van der Waals surface area contributed by atoms with Gasteiger partial charge >= 0.3 is 0 Å². The fourth-order valence-electron chi connectivity index (χ4n) is 1.90. The number of hydrogen-bond acceptors (Lipinski definition) is 3. The van der Waals surface area contributed by atoms with Crippen LogP contribution in [0.15, 0.2) is 24.3 Å². The van der Waals surface area contributed by atoms with Gasteiger partial charge in [-0.3, -0.25) is 4.79 Å². The number of para-hydroxylation sites is 1. The van der Waals surface area contributed by atoms with E-state index in [1.807, 2.05) is 24.3 Å². The molecule has 0 aliphatic carbocycles. The first-order valence-electron chi connectivity index (χ1n) is 5.59. The summed E-state index contributed by atoms with van der Waals surface area (Å²) in [5.41, 5.74) is 7.44. The first-order chi connectivity index (χ1) is 8.16. The zero-order valence-electron chi connectivity index (χ0n) is 9.40. The van der Waals surface area contributed by atoms with Gasteiger partial charge in [-0.15, -0.1) is 0 Å². The Kier molecular flexibility index (Phi) is 3.58. The molecule has 0 bridgehead atoms. The third-order valence-corrected chi connectivity index (χ3v) is 3.04. The Labute approximate surface area is 106 Å². The van der Waals surface area contributed by atoms with Gasteiger partial charge < -0.3 is 16.4 Å². The molecule has 90 valence electrons. The van der Waals surface area contributed by atoms with Crippen molar-refractivity contribution in [1.82, 2.24) is 5.32 Å². The monoisotopic (exact) mass is 249 g/mol. The number of thiocarbonyl (C=S) groups is 1. The largest absolute Gasteiger partial charge is 0.389 e. The average Bonchev–Trinajstić information content (AvgIpc) is 2.32. The van der Waals surface area contributed by atoms with E-state index in [9.17, 15) is 4.79 Å². The van der Waals surface area contributed by atoms with Crippen molar-refractivity contribution in [2.75, 3.05) is 11.9 Å². The number of amides is 1. The van der Waals surface area contributed by atoms with Crippen LogP contribution in [0.5, 0.6) is 0 Å². The lowest BCUT2D eigenvalue weighted by Gasteiger charge is -2.25. The predicted octanol–water partition coefficient (Wildman–Crippen LogP) is 1.01. The van der Waals surface area contributed by atoms with E-state index < -0.39 is 0 Å². The van der Waals surface area contributed by atoms with Crippen molar-refractivity contribution in [2.24, 2.45) is 5.73 Å². The van der Waals surface area contributed by atoms with Gasteiger partial charge in [-0.1, -0.05) is 24.4 Å². The van der Waals surface area contributed by atoms with Crippen LogP contribution in [0.3, 0.4) is 0 Å². The molecule has 1 aromatic carbocycles. The molecule has 1 aliphatic heterocycles. The second kappa shape index (κ2) is 5.14. The smallest absolute Gasteiger partial charge is 0.220 e. The van der Waals surface area contributed by atoms with Crippen molar-refractivity contribution in [3.63, 3.8) is 0 Å². The molecule has 1 amide bonds. The molecule has 17 heavy (non-hydrogen) atoms. The molecule has 1 atom stereocenters. The van der Waals surface area contributed by atoms with Crippen LogP contribution in [0.1, 0.15) is 18.4 Å². The summed E-state index contributed by atoms with van der Waals surface area (Å²) in [6.07, 6.45) is 1.39. The number of carbonyl (C=O) groups is 1. The van der Waals surface area contributed by atoms with Gasteiger partial charge in [0.1, 0.15) is 4.99 Å². The number of hydrogen-bond donors (Lipinski definition) is 3. The second-order valence-corrected chi connectivity index (χ2v) is 4.53. The summed E-state index contributed by atoms with van der Waals surface area (Å²) < 4.78 is 0. The molecule has 1 saturated heterocycles. The van der Waals surface area contributed by atoms with Gasteiger partial charge in [0.2, 0.25) is 5.91 Å². The molecular weight excluding hydrogens is 234 g/mol. The molecule has 0 saturated carbocycles. The normalized spacial score (nSPS) is 19.5. The Morgan fingerprint density at radius 1 is 1.47 bits per heavy atom. The summed E-state index contributed by atoms with van der Waals surface area (Å²) in [5, 5.41) is 6.20. The molecule has 2 rings (SSSR count). The van der Waals surface area contributed by atoms with Crippen molar-refractivity contribution in [2.45, 2.75) is 18.9 Å². The van der Waals surface area contributed by atoms with Crippen molar-refractivity contribution < 1.29 is 4.79 Å². The van der Waals surface area contributed by atoms with Crippen LogP contribution in [0.25, 0.3) is 0 Å². The van der Waals surface area contributed by atoms with E-state index in [2.05, 4.69) is 10.6 Å². The number of rotatable bonds is 3. The van der Waals surface area contributed by atoms with E-state index in [0.717, 1.165) is 17.7 Å². The van der Waals surface area contributed by atoms with Gasteiger partial charge in [0, 0.05) is 30.3 Å². The quantitative estimate of drug-likeness (QED) is 0.699. The van der Waals surface area contributed by atoms with E-state index in [1.54, 1.807) is 0 Å². The summed E-state index contributed by atoms with van der Waals surface area (Å²) in [4.78, 5) is 11.4. The molecule has 1 unspecified atom stereocenters. The van der Waals surface area contributed by atoms with Crippen molar-refractivity contribution in [3.05, 3.63) is 29.8 Å². The van der Waals surface area contributed by atoms with Crippen molar-refractivity contribution in [3.8, 4) is 0 Å². The molecule has 5 heteroatoms. The minimum atomic E-state index is 0.116. The Balaban J connectivity index is 2.08. The van der Waals surface area contributed by atoms with E-state index >= 15 is 0 Å². The molecular formula is C12H15N3OS. The Morgan fingerprint density at radius 2 is 2.24 bits per heavy atom. The SMILES string of the molecule is NC(=S)c1ccccc1NC1CCC(=O)NC1. The maximum absolute atomic E-state index is 11.1. The highest BCUT2D eigenvalue weighted by Crippen LogP contribution is 2.18. The van der Waals surface area contributed by atoms with Crippen LogP contribution >= 0.6 is 12.2 Å². The van der Waals surface area contributed by atoms with Gasteiger partial charge in [-0.2, -0.15) is 0 Å². The number of nitrogens with two attached hydrogens (primary N) is 1. The average molecular weight is 249 g/mol. The Bertz CT molecular complexity index is 437. The van der Waals surface area contributed by atoms with Gasteiger partial charge in [0.25, 0.3) is 0 Å². The zero-order chi connectivity index (χ0) is 12.3. The van der Waals surface area contributed by atoms with Crippen LogP contribution < -0.4 is 16.4 Å². The summed E-state index contributed by atoms with van der Waals surface area (Å²) in [6, 6.07) is 7.92. The zero-order valence-corrected chi connectivity index (χ0v) is 10.2. The number of piperidine rings is 1. The van der Waals surface area contributed by atoms with Crippen LogP contribution in [-0.2, 0) is 4.79 Å². The van der Waals surface area contributed by atoms with Gasteiger partial charge in [-0.05, 0) is 18.6 Å². The molecule has 0 radical (unpaired) electrons. The molecule has 4 nitrogen and oxygen atoms in total. The fourth-order valence-corrected chi connectivity index (χ4v) is 2.08. The molecule has 1 aromatic rings. The molecule has 1 heterocycles. The molecule has 1 aliphatic rings. The lowest BCUT2D eigenvalue weighted by molar-refractivity contribution is -0.122. The predicted molar refractivity (Wildman–Crippen MR) is 72.0 cm³/mol. The molecule has 4 N–H and O–H groups in total. The van der Waals surface area contributed by atoms with E-state index in [0.29, 0.717) is 18.0 Å². The number of carbonyl (C=O) groups excluding carboxylic acids is 1. The van der Waals surface area contributed by atoms with E-state index in [4.69, 9.17) is 18.0 Å². The fraction of sp³-hybridized carbons (Fsp3) is 0.333. The third kappa shape index (κ3) is 2.94. The number of benzene rings is 1. The van der Waals surface area contributed by atoms with Gasteiger partial charge in [-0.25, -0.2) is 0 Å². The molecule has 0 aromatic heterocycles. The maximum atomic E-state index is 11.1. The highest BCUT2D eigenvalue weighted by atomic mass is 32.1. The van der Waals surface area contributed by atoms with Gasteiger partial charge in [0.15, 0.2) is 0 Å². The second-order valence-electron chi connectivity index (χ2n) is 4.09. The number of nitrogens with one attached hydrogen (secondary N) is 2. The third-order valence-electron chi connectivity index (χ3n) is 2.82. The summed E-state index contributed by atoms with van der Waals surface area (Å²) >= 11 is 5.00. The maximum Gasteiger partial charge on any atom is 0.220 e. The summed E-state index contributed by atoms with van der Waals surface area (Å²) in [7, 11) is 0. The lowest BCUT2D eigenvalue weighted by atomic mass is 10.1. The number of anilines is 1. The van der Waals surface area contributed by atoms with Crippen LogP contribution in [0, 0.1) is 0 Å². The lowest BCUT2D eigenvalue weighted by Crippen LogP contribution is -2.42. The highest BCUT2D eigenvalue weighted by molar-refractivity contribution is 7.80. The Morgan fingerprint density at radius 3 is 2.88 bits per heavy atom. The topological polar surface area (TPSA) is 67.1 Å². The Hall–Kier alpha value is -1.62. The minimum Gasteiger partial charge on any atom is -0.389 e. The standard InChI is InChI=1S/C12H15N3OS/c13-12(17)9-3-1-2-4-10(9)15-8-5-6-11(16)14-7-8/h1-4,8,15H,5-7H2,(H2,13,17)(H,14,16). The van der Waals surface area contributed by atoms with Crippen LogP contribution in [-0.4, -0.2) is 23.5 Å². The van der Waals surface area contributed by atoms with Crippen molar-refractivity contribution >= 4 is 28.8 Å². The van der Waals surface area contributed by atoms with Crippen LogP contribution in [0.4, 0.5) is 5.69 Å². The highest BCUT2D eigenvalue weighted by Gasteiger charge is 2.18. The van der Waals surface area contributed by atoms with E-state index in [1.165, 1.54) is 0 Å². The molecule has 1 fully saturated rings. The summed E-state index contributed by atoms with van der Waals surface area (Å²) in [6.45, 7) is 0.643. The first-order valence-corrected chi connectivity index (χ1v) is 5.99. The molecule has 0 spiro atoms. The van der Waals surface area contributed by atoms with Gasteiger partial charge in [0.05, 0.1) is 0 Å². The first kappa shape index (κ1) is 11.9.